The van der Waals surface area contributed by atoms with Crippen molar-refractivity contribution in [3.05, 3.63) is 47.8 Å². The van der Waals surface area contributed by atoms with Gasteiger partial charge in [0.1, 0.15) is 5.82 Å². The van der Waals surface area contributed by atoms with Gasteiger partial charge >= 0.3 is 0 Å². The van der Waals surface area contributed by atoms with Crippen molar-refractivity contribution >= 4 is 12.2 Å². The van der Waals surface area contributed by atoms with Gasteiger partial charge in [-0.15, -0.1) is 0 Å². The monoisotopic (exact) mass is 162 g/mol. The molecular weight excluding hydrogens is 151 g/mol. The summed E-state index contributed by atoms with van der Waals surface area (Å²) in [5.74, 6) is -0.206. The van der Waals surface area contributed by atoms with E-state index in [1.165, 1.54) is 6.08 Å². The van der Waals surface area contributed by atoms with Crippen LogP contribution in [-0.2, 0) is 0 Å². The van der Waals surface area contributed by atoms with E-state index in [9.17, 15) is 4.39 Å². The van der Waals surface area contributed by atoms with E-state index < -0.39 is 0 Å². The Morgan fingerprint density at radius 2 is 1.92 bits per heavy atom. The number of hydrogen-bond acceptors (Lipinski definition) is 0. The minimum absolute atomic E-state index is 0.206. The molecule has 0 aromatic heterocycles. The fourth-order valence-corrected chi connectivity index (χ4v) is 1.10. The molecule has 1 aromatic rings. The summed E-state index contributed by atoms with van der Waals surface area (Å²) in [6.45, 7) is 8.88. The van der Waals surface area contributed by atoms with Crippen LogP contribution in [0.25, 0.3) is 12.2 Å². The third kappa shape index (κ3) is 1.30. The normalized spacial score (nSPS) is 9.50. The summed E-state index contributed by atoms with van der Waals surface area (Å²) in [6, 6.07) is 3.57. The van der Waals surface area contributed by atoms with Crippen LogP contribution >= 0.6 is 0 Å². The van der Waals surface area contributed by atoms with Crippen molar-refractivity contribution < 1.29 is 4.39 Å². The van der Waals surface area contributed by atoms with E-state index >= 15 is 0 Å². The lowest BCUT2D eigenvalue weighted by atomic mass is 10.0. The van der Waals surface area contributed by atoms with Crippen LogP contribution in [0.15, 0.2) is 25.3 Å². The smallest absolute Gasteiger partial charge is 0.133 e. The molecule has 0 aliphatic rings. The van der Waals surface area contributed by atoms with E-state index in [2.05, 4.69) is 13.2 Å². The first kappa shape index (κ1) is 8.72. The van der Waals surface area contributed by atoms with Gasteiger partial charge in [0.05, 0.1) is 0 Å². The molecule has 12 heavy (non-hydrogen) atoms. The van der Waals surface area contributed by atoms with Crippen LogP contribution in [0, 0.1) is 12.7 Å². The molecule has 0 aliphatic carbocycles. The maximum Gasteiger partial charge on any atom is 0.133 e. The molecule has 0 heterocycles. The topological polar surface area (TPSA) is 0 Å². The lowest BCUT2D eigenvalue weighted by Crippen LogP contribution is -1.90. The Morgan fingerprint density at radius 3 is 2.42 bits per heavy atom. The van der Waals surface area contributed by atoms with Crippen LogP contribution < -0.4 is 0 Å². The molecule has 0 atom stereocenters. The van der Waals surface area contributed by atoms with Gasteiger partial charge in [-0.3, -0.25) is 0 Å². The van der Waals surface area contributed by atoms with Gasteiger partial charge in [-0.05, 0) is 18.1 Å². The second-order valence-electron chi connectivity index (χ2n) is 2.61. The van der Waals surface area contributed by atoms with Crippen LogP contribution in [0.5, 0.6) is 0 Å². The third-order valence-corrected chi connectivity index (χ3v) is 1.83. The predicted octanol–water partition coefficient (Wildman–Crippen LogP) is 3.42. The molecule has 1 rings (SSSR count). The second-order valence-corrected chi connectivity index (χ2v) is 2.61. The van der Waals surface area contributed by atoms with Crippen LogP contribution in [0.3, 0.4) is 0 Å². The van der Waals surface area contributed by atoms with E-state index in [0.717, 1.165) is 5.56 Å². The molecular formula is C11H11F. The summed E-state index contributed by atoms with van der Waals surface area (Å²) in [5, 5.41) is 0. The Hall–Kier alpha value is -1.37. The maximum absolute atomic E-state index is 13.3. The molecule has 0 aliphatic heterocycles. The summed E-state index contributed by atoms with van der Waals surface area (Å²) < 4.78 is 13.3. The predicted molar refractivity (Wildman–Crippen MR) is 51.3 cm³/mol. The number of halogens is 1. The van der Waals surface area contributed by atoms with Crippen LogP contribution in [0.2, 0.25) is 0 Å². The molecule has 0 unspecified atom stereocenters. The number of rotatable bonds is 2. The molecule has 62 valence electrons. The van der Waals surface area contributed by atoms with E-state index in [4.69, 9.17) is 0 Å². The lowest BCUT2D eigenvalue weighted by molar-refractivity contribution is 0.615. The molecule has 0 nitrogen and oxygen atoms in total. The summed E-state index contributed by atoms with van der Waals surface area (Å²) in [7, 11) is 0. The van der Waals surface area contributed by atoms with E-state index in [-0.39, 0.29) is 5.82 Å². The summed E-state index contributed by atoms with van der Waals surface area (Å²) in [6.07, 6.45) is 3.14. The van der Waals surface area contributed by atoms with Gasteiger partial charge < -0.3 is 0 Å². The lowest BCUT2D eigenvalue weighted by Gasteiger charge is -2.04. The highest BCUT2D eigenvalue weighted by Crippen LogP contribution is 2.19. The highest BCUT2D eigenvalue weighted by molar-refractivity contribution is 5.64. The van der Waals surface area contributed by atoms with E-state index in [0.29, 0.717) is 11.1 Å². The summed E-state index contributed by atoms with van der Waals surface area (Å²) >= 11 is 0. The first-order valence-corrected chi connectivity index (χ1v) is 3.74. The van der Waals surface area contributed by atoms with Gasteiger partial charge in [-0.2, -0.15) is 0 Å². The molecule has 0 radical (unpaired) electrons. The number of hydrogen-bond donors (Lipinski definition) is 0. The third-order valence-electron chi connectivity index (χ3n) is 1.83. The fourth-order valence-electron chi connectivity index (χ4n) is 1.10. The van der Waals surface area contributed by atoms with Gasteiger partial charge in [0, 0.05) is 5.56 Å². The minimum Gasteiger partial charge on any atom is -0.206 e. The van der Waals surface area contributed by atoms with Gasteiger partial charge in [-0.25, -0.2) is 4.39 Å². The second kappa shape index (κ2) is 3.35. The summed E-state index contributed by atoms with van der Waals surface area (Å²) in [4.78, 5) is 0. The van der Waals surface area contributed by atoms with Crippen LogP contribution in [0.1, 0.15) is 16.7 Å². The zero-order valence-corrected chi connectivity index (χ0v) is 7.10. The Kier molecular flexibility index (Phi) is 2.44. The molecule has 0 amide bonds. The first-order chi connectivity index (χ1) is 5.70. The van der Waals surface area contributed by atoms with Crippen molar-refractivity contribution in [1.29, 1.82) is 0 Å². The molecule has 0 spiro atoms. The first-order valence-electron chi connectivity index (χ1n) is 3.74. The molecule has 0 fully saturated rings. The van der Waals surface area contributed by atoms with Crippen molar-refractivity contribution in [2.75, 3.05) is 0 Å². The highest BCUT2D eigenvalue weighted by atomic mass is 19.1. The fraction of sp³-hybridized carbons (Fsp3) is 0.0909. The van der Waals surface area contributed by atoms with Crippen molar-refractivity contribution in [3.63, 3.8) is 0 Å². The highest BCUT2D eigenvalue weighted by Gasteiger charge is 2.04. The average molecular weight is 162 g/mol. The van der Waals surface area contributed by atoms with Crippen LogP contribution in [-0.4, -0.2) is 0 Å². The SMILES string of the molecule is C=Cc1ccc(C)c(F)c1C=C. The molecule has 1 aromatic carbocycles. The molecule has 0 saturated carbocycles. The van der Waals surface area contributed by atoms with E-state index in [1.54, 1.807) is 19.1 Å². The minimum atomic E-state index is -0.206. The molecule has 1 heteroatoms. The zero-order chi connectivity index (χ0) is 9.14. The standard InChI is InChI=1S/C11H11F/c1-4-9-7-6-8(3)11(12)10(9)5-2/h4-7H,1-2H2,3H3. The largest absolute Gasteiger partial charge is 0.206 e. The van der Waals surface area contributed by atoms with Crippen LogP contribution in [0.4, 0.5) is 4.39 Å². The molecule has 0 saturated heterocycles. The number of benzene rings is 1. The Morgan fingerprint density at radius 1 is 1.25 bits per heavy atom. The van der Waals surface area contributed by atoms with Crippen molar-refractivity contribution in [3.8, 4) is 0 Å². The van der Waals surface area contributed by atoms with Gasteiger partial charge in [0.2, 0.25) is 0 Å². The van der Waals surface area contributed by atoms with E-state index in [1.807, 2.05) is 6.07 Å². The summed E-state index contributed by atoms with van der Waals surface area (Å²) in [5.41, 5.74) is 1.95. The maximum atomic E-state index is 13.3. The Bertz CT molecular complexity index is 324. The Balaban J connectivity index is 3.45. The average Bonchev–Trinajstić information content (AvgIpc) is 2.09. The molecule has 0 bridgehead atoms. The van der Waals surface area contributed by atoms with Crippen molar-refractivity contribution in [2.45, 2.75) is 6.92 Å². The zero-order valence-electron chi connectivity index (χ0n) is 7.10. The Labute approximate surface area is 72.0 Å². The quantitative estimate of drug-likeness (QED) is 0.625. The molecule has 0 N–H and O–H groups in total. The number of aryl methyl sites for hydroxylation is 1. The van der Waals surface area contributed by atoms with Gasteiger partial charge in [-0.1, -0.05) is 37.4 Å². The van der Waals surface area contributed by atoms with Gasteiger partial charge in [0.25, 0.3) is 0 Å². The van der Waals surface area contributed by atoms with Crippen molar-refractivity contribution in [1.82, 2.24) is 0 Å². The van der Waals surface area contributed by atoms with Gasteiger partial charge in [0.15, 0.2) is 0 Å². The van der Waals surface area contributed by atoms with Crippen molar-refractivity contribution in [2.24, 2.45) is 0 Å².